The summed E-state index contributed by atoms with van der Waals surface area (Å²) in [4.78, 5) is 13.4. The maximum atomic E-state index is 5.40. The second kappa shape index (κ2) is 7.08. The molecule has 3 rings (SSSR count). The van der Waals surface area contributed by atoms with Crippen molar-refractivity contribution in [3.63, 3.8) is 0 Å². The van der Waals surface area contributed by atoms with Crippen LogP contribution in [0.5, 0.6) is 5.75 Å². The van der Waals surface area contributed by atoms with E-state index in [1.165, 1.54) is 5.56 Å². The summed E-state index contributed by atoms with van der Waals surface area (Å²) in [5.74, 6) is 2.45. The average molecular weight is 320 g/mol. The van der Waals surface area contributed by atoms with Crippen LogP contribution in [0.1, 0.15) is 25.3 Å². The lowest BCUT2D eigenvalue weighted by Crippen LogP contribution is -2.01. The molecule has 5 nitrogen and oxygen atoms in total. The number of methoxy groups -OCH3 is 1. The van der Waals surface area contributed by atoms with Gasteiger partial charge in [-0.25, -0.2) is 9.97 Å². The molecule has 0 atom stereocenters. The summed E-state index contributed by atoms with van der Waals surface area (Å²) in [7, 11) is 1.62. The van der Waals surface area contributed by atoms with Crippen LogP contribution in [0.15, 0.2) is 54.9 Å². The molecule has 0 aromatic carbocycles. The van der Waals surface area contributed by atoms with Crippen molar-refractivity contribution in [2.45, 2.75) is 19.8 Å². The molecule has 5 heteroatoms. The van der Waals surface area contributed by atoms with E-state index in [0.717, 1.165) is 17.2 Å². The van der Waals surface area contributed by atoms with Gasteiger partial charge in [0.05, 0.1) is 18.5 Å². The molecule has 0 saturated heterocycles. The molecule has 122 valence electrons. The fraction of sp³-hybridized carbons (Fsp3) is 0.211. The Labute approximate surface area is 141 Å². The highest BCUT2D eigenvalue weighted by molar-refractivity contribution is 5.65. The molecule has 0 saturated carbocycles. The van der Waals surface area contributed by atoms with Crippen LogP contribution in [0.2, 0.25) is 0 Å². The molecule has 24 heavy (non-hydrogen) atoms. The predicted octanol–water partition coefficient (Wildman–Crippen LogP) is 4.41. The Morgan fingerprint density at radius 2 is 1.83 bits per heavy atom. The normalized spacial score (nSPS) is 10.7. The highest BCUT2D eigenvalue weighted by Crippen LogP contribution is 2.28. The minimum atomic E-state index is 0.451. The van der Waals surface area contributed by atoms with Gasteiger partial charge in [-0.2, -0.15) is 0 Å². The van der Waals surface area contributed by atoms with Gasteiger partial charge < -0.3 is 10.1 Å². The molecule has 0 unspecified atom stereocenters. The summed E-state index contributed by atoms with van der Waals surface area (Å²) < 4.78 is 5.40. The number of nitrogens with zero attached hydrogens (tertiary/aromatic N) is 3. The molecule has 0 aliphatic heterocycles. The van der Waals surface area contributed by atoms with E-state index in [9.17, 15) is 0 Å². The van der Waals surface area contributed by atoms with Crippen molar-refractivity contribution in [2.75, 3.05) is 12.4 Å². The van der Waals surface area contributed by atoms with Crippen molar-refractivity contribution in [1.82, 2.24) is 15.0 Å². The SMILES string of the molecule is COc1ccc(-c2ccccn2)nc1Nc1ccc(C(C)C)cn1. The fourth-order valence-electron chi connectivity index (χ4n) is 2.30. The number of ether oxygens (including phenoxy) is 1. The summed E-state index contributed by atoms with van der Waals surface area (Å²) in [6.07, 6.45) is 3.63. The zero-order valence-electron chi connectivity index (χ0n) is 14.0. The lowest BCUT2D eigenvalue weighted by Gasteiger charge is -2.12. The highest BCUT2D eigenvalue weighted by atomic mass is 16.5. The highest BCUT2D eigenvalue weighted by Gasteiger charge is 2.10. The summed E-state index contributed by atoms with van der Waals surface area (Å²) in [6, 6.07) is 13.5. The molecule has 0 bridgehead atoms. The maximum Gasteiger partial charge on any atom is 0.175 e. The minimum Gasteiger partial charge on any atom is -0.493 e. The largest absolute Gasteiger partial charge is 0.493 e. The summed E-state index contributed by atoms with van der Waals surface area (Å²) >= 11 is 0. The van der Waals surface area contributed by atoms with Gasteiger partial charge in [0.25, 0.3) is 0 Å². The molecule has 0 radical (unpaired) electrons. The number of nitrogens with one attached hydrogen (secondary N) is 1. The lowest BCUT2D eigenvalue weighted by molar-refractivity contribution is 0.415. The van der Waals surface area contributed by atoms with Crippen LogP contribution in [-0.4, -0.2) is 22.1 Å². The molecule has 0 amide bonds. The van der Waals surface area contributed by atoms with Crippen LogP contribution < -0.4 is 10.1 Å². The first-order valence-electron chi connectivity index (χ1n) is 7.87. The Balaban J connectivity index is 1.91. The number of anilines is 2. The smallest absolute Gasteiger partial charge is 0.175 e. The molecular formula is C19H20N4O. The van der Waals surface area contributed by atoms with Gasteiger partial charge in [-0.15, -0.1) is 0 Å². The van der Waals surface area contributed by atoms with Crippen molar-refractivity contribution in [3.05, 3.63) is 60.4 Å². The van der Waals surface area contributed by atoms with E-state index in [2.05, 4.69) is 40.2 Å². The predicted molar refractivity (Wildman–Crippen MR) is 95.6 cm³/mol. The van der Waals surface area contributed by atoms with Gasteiger partial charge in [-0.05, 0) is 41.8 Å². The van der Waals surface area contributed by atoms with Crippen molar-refractivity contribution in [2.24, 2.45) is 0 Å². The lowest BCUT2D eigenvalue weighted by atomic mass is 10.1. The average Bonchev–Trinajstić information content (AvgIpc) is 2.63. The van der Waals surface area contributed by atoms with Gasteiger partial charge >= 0.3 is 0 Å². The van der Waals surface area contributed by atoms with Gasteiger partial charge in [0.15, 0.2) is 11.6 Å². The van der Waals surface area contributed by atoms with Crippen LogP contribution in [0.4, 0.5) is 11.6 Å². The molecule has 3 aromatic rings. The van der Waals surface area contributed by atoms with Gasteiger partial charge in [0, 0.05) is 12.4 Å². The fourth-order valence-corrected chi connectivity index (χ4v) is 2.30. The van der Waals surface area contributed by atoms with E-state index < -0.39 is 0 Å². The molecule has 0 aliphatic carbocycles. The monoisotopic (exact) mass is 320 g/mol. The second-order valence-electron chi connectivity index (χ2n) is 5.72. The molecule has 3 heterocycles. The van der Waals surface area contributed by atoms with Crippen LogP contribution in [0.3, 0.4) is 0 Å². The van der Waals surface area contributed by atoms with Gasteiger partial charge in [-0.1, -0.05) is 26.0 Å². The molecular weight excluding hydrogens is 300 g/mol. The summed E-state index contributed by atoms with van der Waals surface area (Å²) in [5, 5.41) is 3.22. The van der Waals surface area contributed by atoms with E-state index in [1.807, 2.05) is 42.6 Å². The van der Waals surface area contributed by atoms with Crippen LogP contribution in [0, 0.1) is 0 Å². The summed E-state index contributed by atoms with van der Waals surface area (Å²) in [5.41, 5.74) is 2.78. The second-order valence-corrected chi connectivity index (χ2v) is 5.72. The molecule has 0 aliphatic rings. The Hall–Kier alpha value is -2.95. The van der Waals surface area contributed by atoms with Crippen LogP contribution in [-0.2, 0) is 0 Å². The Morgan fingerprint density at radius 1 is 0.958 bits per heavy atom. The topological polar surface area (TPSA) is 59.9 Å². The van der Waals surface area contributed by atoms with E-state index in [-0.39, 0.29) is 0 Å². The van der Waals surface area contributed by atoms with Crippen molar-refractivity contribution >= 4 is 11.6 Å². The van der Waals surface area contributed by atoms with Gasteiger partial charge in [0.2, 0.25) is 0 Å². The Kier molecular flexibility index (Phi) is 4.70. The van der Waals surface area contributed by atoms with Crippen LogP contribution in [0.25, 0.3) is 11.4 Å². The Bertz CT molecular complexity index is 801. The summed E-state index contributed by atoms with van der Waals surface area (Å²) in [6.45, 7) is 4.29. The Morgan fingerprint density at radius 3 is 2.46 bits per heavy atom. The van der Waals surface area contributed by atoms with Gasteiger partial charge in [0.1, 0.15) is 5.82 Å². The number of aromatic nitrogens is 3. The van der Waals surface area contributed by atoms with E-state index >= 15 is 0 Å². The van der Waals surface area contributed by atoms with Gasteiger partial charge in [-0.3, -0.25) is 4.98 Å². The quantitative estimate of drug-likeness (QED) is 0.754. The third-order valence-corrected chi connectivity index (χ3v) is 3.70. The standard InChI is InChI=1S/C19H20N4O/c1-13(2)14-7-10-18(21-12-14)23-19-17(24-3)9-8-16(22-19)15-6-4-5-11-20-15/h4-13H,1-3H3,(H,21,22,23). The zero-order valence-corrected chi connectivity index (χ0v) is 14.0. The first kappa shape index (κ1) is 15.9. The molecule has 0 fully saturated rings. The van der Waals surface area contributed by atoms with E-state index in [1.54, 1.807) is 13.3 Å². The molecule has 1 N–H and O–H groups in total. The molecule has 3 aromatic heterocycles. The van der Waals surface area contributed by atoms with Crippen molar-refractivity contribution in [1.29, 1.82) is 0 Å². The van der Waals surface area contributed by atoms with Crippen molar-refractivity contribution < 1.29 is 4.74 Å². The number of pyridine rings is 3. The van der Waals surface area contributed by atoms with Crippen molar-refractivity contribution in [3.8, 4) is 17.1 Å². The van der Waals surface area contributed by atoms with E-state index in [0.29, 0.717) is 17.5 Å². The molecule has 0 spiro atoms. The number of rotatable bonds is 5. The number of hydrogen-bond donors (Lipinski definition) is 1. The zero-order chi connectivity index (χ0) is 16.9. The maximum absolute atomic E-state index is 5.40. The van der Waals surface area contributed by atoms with Crippen LogP contribution >= 0.6 is 0 Å². The van der Waals surface area contributed by atoms with E-state index in [4.69, 9.17) is 4.74 Å². The third kappa shape index (κ3) is 3.51. The number of hydrogen-bond acceptors (Lipinski definition) is 5. The third-order valence-electron chi connectivity index (χ3n) is 3.70. The first-order valence-corrected chi connectivity index (χ1v) is 7.87. The minimum absolute atomic E-state index is 0.451. The first-order chi connectivity index (χ1) is 11.7.